The van der Waals surface area contributed by atoms with E-state index in [9.17, 15) is 5.11 Å². The highest BCUT2D eigenvalue weighted by atomic mass is 35.5. The first-order valence-electron chi connectivity index (χ1n) is 6.95. The van der Waals surface area contributed by atoms with Crippen LogP contribution >= 0.6 is 11.6 Å². The molecular formula is C17H20ClNO2. The zero-order valence-corrected chi connectivity index (χ0v) is 12.8. The minimum Gasteiger partial charge on any atom is -0.492 e. The summed E-state index contributed by atoms with van der Waals surface area (Å²) in [6.45, 7) is 1.89. The van der Waals surface area contributed by atoms with Crippen molar-refractivity contribution in [2.75, 3.05) is 26.7 Å². The van der Waals surface area contributed by atoms with Crippen LogP contribution in [0.1, 0.15) is 11.7 Å². The summed E-state index contributed by atoms with van der Waals surface area (Å²) in [6, 6.07) is 17.0. The molecule has 0 saturated heterocycles. The SMILES string of the molecule is CN(CCOc1ccc(Cl)cc1)C[C@@H](O)c1ccccc1. The third-order valence-corrected chi connectivity index (χ3v) is 3.48. The molecule has 0 unspecified atom stereocenters. The molecule has 0 spiro atoms. The fraction of sp³-hybridized carbons (Fsp3) is 0.294. The molecule has 1 atom stereocenters. The van der Waals surface area contributed by atoms with Crippen LogP contribution in [0.5, 0.6) is 5.75 Å². The zero-order valence-electron chi connectivity index (χ0n) is 12.1. The lowest BCUT2D eigenvalue weighted by Crippen LogP contribution is -2.28. The minimum absolute atomic E-state index is 0.480. The molecule has 112 valence electrons. The summed E-state index contributed by atoms with van der Waals surface area (Å²) in [5.74, 6) is 0.802. The van der Waals surface area contributed by atoms with Gasteiger partial charge in [-0.15, -0.1) is 0 Å². The molecular weight excluding hydrogens is 286 g/mol. The molecule has 0 fully saturated rings. The predicted molar refractivity (Wildman–Crippen MR) is 85.8 cm³/mol. The van der Waals surface area contributed by atoms with E-state index < -0.39 is 6.10 Å². The van der Waals surface area contributed by atoms with E-state index in [0.29, 0.717) is 18.2 Å². The Bertz CT molecular complexity index is 530. The second-order valence-electron chi connectivity index (χ2n) is 4.99. The summed E-state index contributed by atoms with van der Waals surface area (Å²) < 4.78 is 5.64. The van der Waals surface area contributed by atoms with Crippen molar-refractivity contribution in [2.24, 2.45) is 0 Å². The zero-order chi connectivity index (χ0) is 15.1. The third kappa shape index (κ3) is 5.38. The second-order valence-corrected chi connectivity index (χ2v) is 5.43. The van der Waals surface area contributed by atoms with Gasteiger partial charge in [-0.25, -0.2) is 0 Å². The number of likely N-dealkylation sites (N-methyl/N-ethyl adjacent to an activating group) is 1. The van der Waals surface area contributed by atoms with Gasteiger partial charge in [0.05, 0.1) is 6.10 Å². The molecule has 2 aromatic rings. The van der Waals surface area contributed by atoms with Gasteiger partial charge in [0.15, 0.2) is 0 Å². The molecule has 4 heteroatoms. The Labute approximate surface area is 130 Å². The Balaban J connectivity index is 1.72. The van der Waals surface area contributed by atoms with Gasteiger partial charge in [-0.1, -0.05) is 41.9 Å². The lowest BCUT2D eigenvalue weighted by molar-refractivity contribution is 0.118. The Morgan fingerprint density at radius 2 is 1.76 bits per heavy atom. The highest BCUT2D eigenvalue weighted by Gasteiger charge is 2.10. The molecule has 1 N–H and O–H groups in total. The smallest absolute Gasteiger partial charge is 0.119 e. The Kier molecular flexibility index (Phi) is 6.05. The second kappa shape index (κ2) is 8.03. The van der Waals surface area contributed by atoms with E-state index in [1.165, 1.54) is 0 Å². The third-order valence-electron chi connectivity index (χ3n) is 3.22. The van der Waals surface area contributed by atoms with Crippen LogP contribution in [0.25, 0.3) is 0 Å². The molecule has 0 aliphatic carbocycles. The molecule has 2 aromatic carbocycles. The van der Waals surface area contributed by atoms with Crippen LogP contribution in [0.2, 0.25) is 5.02 Å². The van der Waals surface area contributed by atoms with Gasteiger partial charge in [-0.3, -0.25) is 0 Å². The molecule has 0 saturated carbocycles. The first-order valence-corrected chi connectivity index (χ1v) is 7.33. The van der Waals surface area contributed by atoms with Crippen LogP contribution in [0.4, 0.5) is 0 Å². The summed E-state index contributed by atoms with van der Waals surface area (Å²) >= 11 is 5.82. The first kappa shape index (κ1) is 15.8. The van der Waals surface area contributed by atoms with Gasteiger partial charge in [0.25, 0.3) is 0 Å². The number of halogens is 1. The van der Waals surface area contributed by atoms with Crippen LogP contribution < -0.4 is 4.74 Å². The fourth-order valence-corrected chi connectivity index (χ4v) is 2.14. The number of hydrogen-bond donors (Lipinski definition) is 1. The average molecular weight is 306 g/mol. The topological polar surface area (TPSA) is 32.7 Å². The predicted octanol–water partition coefficient (Wildman–Crippen LogP) is 3.38. The van der Waals surface area contributed by atoms with Crippen LogP contribution in [0, 0.1) is 0 Å². The average Bonchev–Trinajstić information content (AvgIpc) is 2.50. The summed E-state index contributed by atoms with van der Waals surface area (Å²) in [7, 11) is 1.97. The normalized spacial score (nSPS) is 12.4. The van der Waals surface area contributed by atoms with Gasteiger partial charge in [0.1, 0.15) is 12.4 Å². The summed E-state index contributed by atoms with van der Waals surface area (Å²) in [4.78, 5) is 2.05. The van der Waals surface area contributed by atoms with E-state index in [4.69, 9.17) is 16.3 Å². The number of rotatable bonds is 7. The van der Waals surface area contributed by atoms with Gasteiger partial charge in [-0.05, 0) is 36.9 Å². The Morgan fingerprint density at radius 3 is 2.43 bits per heavy atom. The summed E-state index contributed by atoms with van der Waals surface area (Å²) in [5.41, 5.74) is 0.933. The van der Waals surface area contributed by atoms with Crippen molar-refractivity contribution in [2.45, 2.75) is 6.10 Å². The number of aliphatic hydroxyl groups is 1. The molecule has 0 bridgehead atoms. The highest BCUT2D eigenvalue weighted by Crippen LogP contribution is 2.16. The van der Waals surface area contributed by atoms with E-state index in [2.05, 4.69) is 0 Å². The van der Waals surface area contributed by atoms with E-state index in [1.807, 2.05) is 54.4 Å². The maximum absolute atomic E-state index is 10.1. The van der Waals surface area contributed by atoms with Gasteiger partial charge >= 0.3 is 0 Å². The maximum atomic E-state index is 10.1. The molecule has 0 amide bonds. The van der Waals surface area contributed by atoms with E-state index >= 15 is 0 Å². The van der Waals surface area contributed by atoms with Crippen molar-refractivity contribution in [1.82, 2.24) is 4.90 Å². The molecule has 0 radical (unpaired) electrons. The van der Waals surface area contributed by atoms with Crippen molar-refractivity contribution in [3.8, 4) is 5.75 Å². The van der Waals surface area contributed by atoms with Crippen molar-refractivity contribution >= 4 is 11.6 Å². The Hall–Kier alpha value is -1.55. The summed E-state index contributed by atoms with van der Waals surface area (Å²) in [5, 5.41) is 10.8. The van der Waals surface area contributed by atoms with Crippen molar-refractivity contribution in [3.63, 3.8) is 0 Å². The van der Waals surface area contributed by atoms with Gasteiger partial charge < -0.3 is 14.7 Å². The van der Waals surface area contributed by atoms with Gasteiger partial charge in [0, 0.05) is 18.1 Å². The lowest BCUT2D eigenvalue weighted by Gasteiger charge is -2.20. The molecule has 0 heterocycles. The van der Waals surface area contributed by atoms with Crippen LogP contribution in [0.3, 0.4) is 0 Å². The van der Waals surface area contributed by atoms with Gasteiger partial charge in [-0.2, -0.15) is 0 Å². The molecule has 0 aliphatic rings. The van der Waals surface area contributed by atoms with Crippen molar-refractivity contribution in [3.05, 3.63) is 65.2 Å². The first-order chi connectivity index (χ1) is 10.1. The number of aliphatic hydroxyl groups excluding tert-OH is 1. The summed E-state index contributed by atoms with van der Waals surface area (Å²) in [6.07, 6.45) is -0.480. The molecule has 21 heavy (non-hydrogen) atoms. The Morgan fingerprint density at radius 1 is 1.10 bits per heavy atom. The number of benzene rings is 2. The van der Waals surface area contributed by atoms with Crippen LogP contribution in [-0.2, 0) is 0 Å². The van der Waals surface area contributed by atoms with Crippen LogP contribution in [0.15, 0.2) is 54.6 Å². The van der Waals surface area contributed by atoms with Crippen LogP contribution in [-0.4, -0.2) is 36.8 Å². The highest BCUT2D eigenvalue weighted by molar-refractivity contribution is 6.30. The van der Waals surface area contributed by atoms with E-state index in [1.54, 1.807) is 12.1 Å². The molecule has 3 nitrogen and oxygen atoms in total. The molecule has 2 rings (SSSR count). The maximum Gasteiger partial charge on any atom is 0.119 e. The molecule has 0 aromatic heterocycles. The largest absolute Gasteiger partial charge is 0.492 e. The number of ether oxygens (including phenoxy) is 1. The number of nitrogens with zero attached hydrogens (tertiary/aromatic N) is 1. The standard InChI is InChI=1S/C17H20ClNO2/c1-19(13-17(20)14-5-3-2-4-6-14)11-12-21-16-9-7-15(18)8-10-16/h2-10,17,20H,11-13H2,1H3/t17-/m1/s1. The monoisotopic (exact) mass is 305 g/mol. The van der Waals surface area contributed by atoms with E-state index in [-0.39, 0.29) is 0 Å². The minimum atomic E-state index is -0.480. The van der Waals surface area contributed by atoms with Crippen molar-refractivity contribution < 1.29 is 9.84 Å². The van der Waals surface area contributed by atoms with E-state index in [0.717, 1.165) is 17.9 Å². The van der Waals surface area contributed by atoms with Crippen molar-refractivity contribution in [1.29, 1.82) is 0 Å². The number of hydrogen-bond acceptors (Lipinski definition) is 3. The fourth-order valence-electron chi connectivity index (χ4n) is 2.02. The lowest BCUT2D eigenvalue weighted by atomic mass is 10.1. The van der Waals surface area contributed by atoms with Gasteiger partial charge in [0.2, 0.25) is 0 Å². The quantitative estimate of drug-likeness (QED) is 0.851. The molecule has 0 aliphatic heterocycles.